The molecule has 0 unspecified atom stereocenters. The maximum Gasteiger partial charge on any atom is 0.0657 e. The van der Waals surface area contributed by atoms with Crippen LogP contribution in [0, 0.1) is 40.4 Å². The monoisotopic (exact) mass is 402 g/mol. The van der Waals surface area contributed by atoms with Crippen molar-refractivity contribution in [3.05, 3.63) is 23.3 Å². The van der Waals surface area contributed by atoms with Crippen molar-refractivity contribution in [3.63, 3.8) is 0 Å². The molecular weight excluding hydrogens is 352 g/mol. The Morgan fingerprint density at radius 3 is 2.66 bits per heavy atom. The number of allylic oxidation sites excluding steroid dienone is 3. The van der Waals surface area contributed by atoms with E-state index in [2.05, 4.69) is 39.8 Å². The fourth-order valence-corrected chi connectivity index (χ4v) is 7.94. The Labute approximate surface area is 186 Å². The zero-order valence-corrected chi connectivity index (χ0v) is 19.3. The molecular formula is C28H46O. The summed E-state index contributed by atoms with van der Waals surface area (Å²) in [6, 6.07) is 0. The van der Waals surface area contributed by atoms with Crippen molar-refractivity contribution in [2.24, 2.45) is 40.4 Å². The van der Waals surface area contributed by atoms with Crippen LogP contribution in [0.25, 0.3) is 0 Å². The molecule has 1 heteroatoms. The second-order valence-corrected chi connectivity index (χ2v) is 11.8. The van der Waals surface area contributed by atoms with Crippen molar-refractivity contribution in [2.75, 3.05) is 0 Å². The van der Waals surface area contributed by atoms with Gasteiger partial charge in [-0.1, -0.05) is 70.7 Å². The normalized spacial score (nSPS) is 48.5. The van der Waals surface area contributed by atoms with Crippen molar-refractivity contribution in [3.8, 4) is 0 Å². The quantitative estimate of drug-likeness (QED) is 0.467. The highest BCUT2D eigenvalue weighted by atomic mass is 16.3. The number of hydrogen-bond acceptors (Lipinski definition) is 1. The van der Waals surface area contributed by atoms with E-state index in [1.54, 1.807) is 5.57 Å². The molecule has 29 heavy (non-hydrogen) atoms. The summed E-state index contributed by atoms with van der Waals surface area (Å²) >= 11 is 0. The summed E-state index contributed by atoms with van der Waals surface area (Å²) in [4.78, 5) is 0. The third-order valence-corrected chi connectivity index (χ3v) is 9.67. The molecule has 164 valence electrons. The van der Waals surface area contributed by atoms with Gasteiger partial charge in [0, 0.05) is 5.48 Å². The first-order valence-corrected chi connectivity index (χ1v) is 12.3. The lowest BCUT2D eigenvalue weighted by Crippen LogP contribution is -2.51. The van der Waals surface area contributed by atoms with Gasteiger partial charge in [-0.05, 0) is 98.6 Å². The molecule has 0 spiro atoms. The third-order valence-electron chi connectivity index (χ3n) is 9.67. The minimum absolute atomic E-state index is 0.0441. The zero-order chi connectivity index (χ0) is 24.2. The highest BCUT2D eigenvalue weighted by Gasteiger charge is 2.57. The summed E-state index contributed by atoms with van der Waals surface area (Å²) < 4.78 is 31.2. The first kappa shape index (κ1) is 17.0. The molecule has 4 rings (SSSR count). The van der Waals surface area contributed by atoms with Gasteiger partial charge in [0.1, 0.15) is 0 Å². The van der Waals surface area contributed by atoms with Gasteiger partial charge in [0.25, 0.3) is 0 Å². The van der Waals surface area contributed by atoms with Gasteiger partial charge in [-0.2, -0.15) is 0 Å². The molecule has 0 heterocycles. The van der Waals surface area contributed by atoms with Crippen LogP contribution in [0.3, 0.4) is 0 Å². The summed E-state index contributed by atoms with van der Waals surface area (Å²) in [7, 11) is 0. The summed E-state index contributed by atoms with van der Waals surface area (Å²) in [5.41, 5.74) is 1.72. The average Bonchev–Trinajstić information content (AvgIpc) is 3.10. The molecule has 2 saturated carbocycles. The SMILES string of the molecule is [2H]C[C@H](C)CCC[C@@H](C)C1=CC[C@H]2[C@@H]3CC=C4C[C@](O)(C([2H])([2H])[2H])CC[C@]4(C)[C@H]3CC[C@]12C. The maximum absolute atomic E-state index is 10.9. The third kappa shape index (κ3) is 3.68. The number of rotatable bonds is 5. The minimum Gasteiger partial charge on any atom is -0.390 e. The number of aliphatic hydroxyl groups is 1. The van der Waals surface area contributed by atoms with Gasteiger partial charge < -0.3 is 5.11 Å². The Balaban J connectivity index is 1.49. The summed E-state index contributed by atoms with van der Waals surface area (Å²) in [5.74, 6) is 3.11. The molecule has 0 amide bonds. The van der Waals surface area contributed by atoms with Crippen molar-refractivity contribution < 1.29 is 10.6 Å². The molecule has 4 aliphatic rings. The van der Waals surface area contributed by atoms with Crippen LogP contribution in [0.4, 0.5) is 0 Å². The van der Waals surface area contributed by atoms with E-state index in [-0.39, 0.29) is 5.41 Å². The van der Waals surface area contributed by atoms with Gasteiger partial charge in [-0.25, -0.2) is 0 Å². The smallest absolute Gasteiger partial charge is 0.0657 e. The average molecular weight is 403 g/mol. The van der Waals surface area contributed by atoms with Crippen LogP contribution in [0.2, 0.25) is 0 Å². The fourth-order valence-electron chi connectivity index (χ4n) is 7.94. The van der Waals surface area contributed by atoms with Crippen LogP contribution in [0.1, 0.15) is 111 Å². The van der Waals surface area contributed by atoms with Crippen LogP contribution in [-0.2, 0) is 0 Å². The standard InChI is InChI=1S/C28H46O/c1-19(2)8-7-9-20(3)23-12-13-24-22-11-10-21-18-26(4,29)16-17-27(21,5)25(22)14-15-28(23,24)6/h10,12,19-20,22,24-25,29H,7-9,11,13-18H2,1-6H3/t20-,22+,24+,25+,26+,27+,28-/m1/s1/i1D,4D3/t19-,20-,22+,24+,25+,26+,27+,28-. The number of hydrogen-bond donors (Lipinski definition) is 1. The van der Waals surface area contributed by atoms with E-state index in [0.717, 1.165) is 12.8 Å². The van der Waals surface area contributed by atoms with E-state index in [9.17, 15) is 5.11 Å². The predicted molar refractivity (Wildman–Crippen MR) is 124 cm³/mol. The molecule has 0 aliphatic heterocycles. The van der Waals surface area contributed by atoms with E-state index in [0.29, 0.717) is 54.7 Å². The fraction of sp³-hybridized carbons (Fsp3) is 0.857. The second-order valence-electron chi connectivity index (χ2n) is 11.8. The second kappa shape index (κ2) is 7.54. The van der Waals surface area contributed by atoms with E-state index < -0.39 is 12.5 Å². The van der Waals surface area contributed by atoms with E-state index >= 15 is 0 Å². The maximum atomic E-state index is 10.9. The molecule has 0 bridgehead atoms. The van der Waals surface area contributed by atoms with Crippen molar-refractivity contribution in [1.29, 1.82) is 0 Å². The van der Waals surface area contributed by atoms with Crippen LogP contribution in [0.15, 0.2) is 23.3 Å². The van der Waals surface area contributed by atoms with Gasteiger partial charge in [0.15, 0.2) is 0 Å². The van der Waals surface area contributed by atoms with E-state index in [4.69, 9.17) is 5.48 Å². The largest absolute Gasteiger partial charge is 0.390 e. The van der Waals surface area contributed by atoms with Gasteiger partial charge in [-0.3, -0.25) is 0 Å². The van der Waals surface area contributed by atoms with Gasteiger partial charge in [-0.15, -0.1) is 0 Å². The molecule has 2 fully saturated rings. The van der Waals surface area contributed by atoms with Crippen LogP contribution < -0.4 is 0 Å². The number of fused-ring (bicyclic) bond motifs is 5. The predicted octanol–water partition coefficient (Wildman–Crippen LogP) is 7.70. The van der Waals surface area contributed by atoms with Crippen LogP contribution >= 0.6 is 0 Å². The Hall–Kier alpha value is -0.560. The summed E-state index contributed by atoms with van der Waals surface area (Å²) in [6.07, 6.45) is 14.8. The van der Waals surface area contributed by atoms with Crippen LogP contribution in [-0.4, -0.2) is 10.7 Å². The molecule has 0 radical (unpaired) electrons. The van der Waals surface area contributed by atoms with Crippen molar-refractivity contribution in [2.45, 2.75) is 111 Å². The summed E-state index contributed by atoms with van der Waals surface area (Å²) in [6.45, 7) is 7.75. The Bertz CT molecular complexity index is 800. The molecule has 0 aromatic heterocycles. The lowest BCUT2D eigenvalue weighted by molar-refractivity contribution is -0.0533. The first-order valence-electron chi connectivity index (χ1n) is 14.5. The lowest BCUT2D eigenvalue weighted by Gasteiger charge is -2.59. The van der Waals surface area contributed by atoms with Crippen molar-refractivity contribution in [1.82, 2.24) is 0 Å². The molecule has 1 nitrogen and oxygen atoms in total. The topological polar surface area (TPSA) is 20.2 Å². The first-order chi connectivity index (χ1) is 15.4. The molecule has 0 saturated heterocycles. The highest BCUT2D eigenvalue weighted by molar-refractivity contribution is 5.31. The molecule has 8 atom stereocenters. The van der Waals surface area contributed by atoms with Crippen molar-refractivity contribution >= 4 is 0 Å². The Kier molecular flexibility index (Phi) is 4.43. The van der Waals surface area contributed by atoms with E-state index in [1.165, 1.54) is 44.1 Å². The van der Waals surface area contributed by atoms with Gasteiger partial charge >= 0.3 is 0 Å². The van der Waals surface area contributed by atoms with Gasteiger partial charge in [0.05, 0.1) is 5.60 Å². The van der Waals surface area contributed by atoms with E-state index in [1.807, 2.05) is 0 Å². The zero-order valence-electron chi connectivity index (χ0n) is 23.3. The van der Waals surface area contributed by atoms with Gasteiger partial charge in [0.2, 0.25) is 0 Å². The summed E-state index contributed by atoms with van der Waals surface area (Å²) in [5, 5.41) is 10.9. The lowest BCUT2D eigenvalue weighted by atomic mass is 9.46. The molecule has 4 aliphatic carbocycles. The molecule has 0 aromatic carbocycles. The highest BCUT2D eigenvalue weighted by Crippen LogP contribution is 2.66. The molecule has 1 N–H and O–H groups in total. The van der Waals surface area contributed by atoms with Crippen LogP contribution in [0.5, 0.6) is 0 Å². The Morgan fingerprint density at radius 1 is 1.07 bits per heavy atom. The molecule has 0 aromatic rings. The Morgan fingerprint density at radius 2 is 1.90 bits per heavy atom. The minimum atomic E-state index is -2.31.